The zero-order chi connectivity index (χ0) is 22.3. The topological polar surface area (TPSA) is 105 Å². The number of methoxy groups -OCH3 is 1. The van der Waals surface area contributed by atoms with Gasteiger partial charge >= 0.3 is 5.97 Å². The summed E-state index contributed by atoms with van der Waals surface area (Å²) < 4.78 is 35.8. The van der Waals surface area contributed by atoms with E-state index in [-0.39, 0.29) is 26.9 Å². The number of carbonyl (C=O) groups is 2. The van der Waals surface area contributed by atoms with Crippen molar-refractivity contribution in [3.05, 3.63) is 39.0 Å². The summed E-state index contributed by atoms with van der Waals surface area (Å²) in [6.45, 7) is 6.27. The lowest BCUT2D eigenvalue weighted by Gasteiger charge is -2.16. The van der Waals surface area contributed by atoms with Crippen LogP contribution in [0, 0.1) is 20.8 Å². The van der Waals surface area contributed by atoms with Crippen LogP contribution < -0.4 is 4.74 Å². The fourth-order valence-electron chi connectivity index (χ4n) is 3.23. The fourth-order valence-corrected chi connectivity index (χ4v) is 4.82. The molecule has 1 unspecified atom stereocenters. The van der Waals surface area contributed by atoms with Crippen LogP contribution in [0.4, 0.5) is 0 Å². The van der Waals surface area contributed by atoms with Gasteiger partial charge in [-0.1, -0.05) is 11.6 Å². The number of benzene rings is 1. The van der Waals surface area contributed by atoms with E-state index in [2.05, 4.69) is 9.84 Å². The second-order valence-electron chi connectivity index (χ2n) is 6.78. The minimum atomic E-state index is -3.52. The molecule has 29 heavy (non-hydrogen) atoms. The Morgan fingerprint density at radius 2 is 1.83 bits per heavy atom. The van der Waals surface area contributed by atoms with Crippen LogP contribution >= 0.6 is 11.6 Å². The third-order valence-corrected chi connectivity index (χ3v) is 6.32. The first-order valence-corrected chi connectivity index (χ1v) is 10.9. The molecule has 1 atom stereocenters. The van der Waals surface area contributed by atoms with Crippen LogP contribution in [0.15, 0.2) is 11.0 Å². The molecule has 1 aromatic carbocycles. The minimum absolute atomic E-state index is 0.0382. The van der Waals surface area contributed by atoms with Gasteiger partial charge in [0.25, 0.3) is 0 Å². The fraction of sp³-hybridized carbons (Fsp3) is 0.421. The summed E-state index contributed by atoms with van der Waals surface area (Å²) in [5.41, 5.74) is 1.34. The summed E-state index contributed by atoms with van der Waals surface area (Å²) >= 11 is 6.38. The lowest BCUT2D eigenvalue weighted by Crippen LogP contribution is -2.26. The highest BCUT2D eigenvalue weighted by Crippen LogP contribution is 2.34. The summed E-state index contributed by atoms with van der Waals surface area (Å²) in [6, 6.07) is 1.44. The third kappa shape index (κ3) is 4.30. The van der Waals surface area contributed by atoms with E-state index in [1.165, 1.54) is 24.8 Å². The Morgan fingerprint density at radius 3 is 2.34 bits per heavy atom. The highest BCUT2D eigenvalue weighted by Gasteiger charge is 2.29. The first kappa shape index (κ1) is 22.9. The molecular formula is C19H23ClN2O6S. The van der Waals surface area contributed by atoms with Crippen LogP contribution in [-0.4, -0.2) is 49.4 Å². The van der Waals surface area contributed by atoms with E-state index in [9.17, 15) is 18.0 Å². The third-order valence-electron chi connectivity index (χ3n) is 4.46. The molecule has 1 aromatic heterocycles. The number of hydrogen-bond acceptors (Lipinski definition) is 7. The van der Waals surface area contributed by atoms with Crippen molar-refractivity contribution in [2.24, 2.45) is 7.05 Å². The monoisotopic (exact) mass is 442 g/mol. The lowest BCUT2D eigenvalue weighted by molar-refractivity contribution is -0.148. The molecule has 0 amide bonds. The number of hydrogen-bond donors (Lipinski definition) is 0. The standard InChI is InChI=1S/C19H23ClN2O6S/c1-9-8-13(15(20)10(2)17(9)29(7,25)26)16(23)14-11(3)21-22(5)18(14)28-12(4)19(24)27-6/h8,12H,1-7H3. The first-order valence-electron chi connectivity index (χ1n) is 8.63. The van der Waals surface area contributed by atoms with Crippen molar-refractivity contribution in [3.63, 3.8) is 0 Å². The van der Waals surface area contributed by atoms with E-state index in [4.69, 9.17) is 16.3 Å². The van der Waals surface area contributed by atoms with Gasteiger partial charge in [-0.15, -0.1) is 0 Å². The largest absolute Gasteiger partial charge is 0.466 e. The number of aromatic nitrogens is 2. The summed E-state index contributed by atoms with van der Waals surface area (Å²) in [4.78, 5) is 25.1. The SMILES string of the molecule is COC(=O)C(C)Oc1c(C(=O)c2cc(C)c(S(C)(=O)=O)c(C)c2Cl)c(C)nn1C. The Labute approximate surface area is 174 Å². The molecule has 0 fully saturated rings. The van der Waals surface area contributed by atoms with E-state index >= 15 is 0 Å². The highest BCUT2D eigenvalue weighted by atomic mass is 35.5. The van der Waals surface area contributed by atoms with Gasteiger partial charge < -0.3 is 9.47 Å². The number of sulfone groups is 1. The van der Waals surface area contributed by atoms with Crippen molar-refractivity contribution < 1.29 is 27.5 Å². The Hall–Kier alpha value is -2.39. The second-order valence-corrected chi connectivity index (χ2v) is 9.11. The average molecular weight is 443 g/mol. The molecular weight excluding hydrogens is 420 g/mol. The summed E-state index contributed by atoms with van der Waals surface area (Å²) in [7, 11) is -0.712. The number of halogens is 1. The average Bonchev–Trinajstić information content (AvgIpc) is 2.88. The molecule has 0 bridgehead atoms. The molecule has 0 aliphatic rings. The van der Waals surface area contributed by atoms with E-state index in [0.717, 1.165) is 6.26 Å². The number of rotatable bonds is 6. The number of ketones is 1. The number of esters is 1. The summed E-state index contributed by atoms with van der Waals surface area (Å²) in [5.74, 6) is -1.01. The van der Waals surface area contributed by atoms with E-state index in [1.54, 1.807) is 27.8 Å². The van der Waals surface area contributed by atoms with Gasteiger partial charge in [0.15, 0.2) is 15.9 Å². The summed E-state index contributed by atoms with van der Waals surface area (Å²) in [5, 5.41) is 4.25. The van der Waals surface area contributed by atoms with Gasteiger partial charge in [-0.25, -0.2) is 17.9 Å². The molecule has 0 radical (unpaired) electrons. The van der Waals surface area contributed by atoms with Gasteiger partial charge in [0.2, 0.25) is 11.7 Å². The van der Waals surface area contributed by atoms with Crippen LogP contribution in [0.5, 0.6) is 5.88 Å². The predicted molar refractivity (Wildman–Crippen MR) is 108 cm³/mol. The van der Waals surface area contributed by atoms with Gasteiger partial charge in [0, 0.05) is 18.9 Å². The molecule has 2 aromatic rings. The Bertz CT molecular complexity index is 1100. The predicted octanol–water partition coefficient (Wildman–Crippen LogP) is 2.57. The van der Waals surface area contributed by atoms with E-state index < -0.39 is 27.7 Å². The van der Waals surface area contributed by atoms with E-state index in [1.807, 2.05) is 0 Å². The molecule has 0 spiro atoms. The molecule has 158 valence electrons. The van der Waals surface area contributed by atoms with Gasteiger partial charge in [0.1, 0.15) is 5.56 Å². The van der Waals surface area contributed by atoms with Gasteiger partial charge in [-0.2, -0.15) is 5.10 Å². The number of ether oxygens (including phenoxy) is 2. The molecule has 10 heteroatoms. The molecule has 2 rings (SSSR count). The normalized spacial score (nSPS) is 12.6. The molecule has 0 aliphatic heterocycles. The van der Waals surface area contributed by atoms with Crippen molar-refractivity contribution in [2.45, 2.75) is 38.7 Å². The van der Waals surface area contributed by atoms with Crippen molar-refractivity contribution in [3.8, 4) is 5.88 Å². The lowest BCUT2D eigenvalue weighted by atomic mass is 9.99. The van der Waals surface area contributed by atoms with Crippen LogP contribution in [0.25, 0.3) is 0 Å². The van der Waals surface area contributed by atoms with Crippen LogP contribution in [0.1, 0.15) is 39.7 Å². The maximum absolute atomic E-state index is 13.3. The number of carbonyl (C=O) groups excluding carboxylic acids is 2. The Kier molecular flexibility index (Phi) is 6.44. The van der Waals surface area contributed by atoms with Gasteiger partial charge in [0.05, 0.1) is 22.7 Å². The maximum atomic E-state index is 13.3. The van der Waals surface area contributed by atoms with Crippen molar-refractivity contribution in [1.82, 2.24) is 9.78 Å². The zero-order valence-corrected chi connectivity index (χ0v) is 18.9. The highest BCUT2D eigenvalue weighted by molar-refractivity contribution is 7.90. The zero-order valence-electron chi connectivity index (χ0n) is 17.3. The van der Waals surface area contributed by atoms with Crippen LogP contribution in [0.3, 0.4) is 0 Å². The molecule has 0 saturated carbocycles. The van der Waals surface area contributed by atoms with Crippen molar-refractivity contribution >= 4 is 33.2 Å². The maximum Gasteiger partial charge on any atom is 0.346 e. The Morgan fingerprint density at radius 1 is 1.24 bits per heavy atom. The second kappa shape index (κ2) is 8.16. The molecule has 8 nitrogen and oxygen atoms in total. The Balaban J connectivity index is 2.64. The van der Waals surface area contributed by atoms with E-state index in [0.29, 0.717) is 16.8 Å². The quantitative estimate of drug-likeness (QED) is 0.500. The molecule has 0 aliphatic carbocycles. The molecule has 0 saturated heterocycles. The smallest absolute Gasteiger partial charge is 0.346 e. The van der Waals surface area contributed by atoms with Crippen molar-refractivity contribution in [2.75, 3.05) is 13.4 Å². The van der Waals surface area contributed by atoms with Crippen LogP contribution in [0.2, 0.25) is 5.02 Å². The molecule has 0 N–H and O–H groups in total. The number of nitrogens with zero attached hydrogens (tertiary/aromatic N) is 2. The van der Waals surface area contributed by atoms with Crippen molar-refractivity contribution in [1.29, 1.82) is 0 Å². The number of aryl methyl sites for hydroxylation is 3. The van der Waals surface area contributed by atoms with Gasteiger partial charge in [-0.05, 0) is 44.9 Å². The molecule has 1 heterocycles. The van der Waals surface area contributed by atoms with Crippen LogP contribution in [-0.2, 0) is 26.4 Å². The summed E-state index contributed by atoms with van der Waals surface area (Å²) in [6.07, 6.45) is 0.124. The first-order chi connectivity index (χ1) is 13.3. The minimum Gasteiger partial charge on any atom is -0.466 e. The van der Waals surface area contributed by atoms with Gasteiger partial charge in [-0.3, -0.25) is 4.79 Å².